The smallest absolute Gasteiger partial charge is 0.227 e. The van der Waals surface area contributed by atoms with Crippen molar-refractivity contribution in [2.45, 2.75) is 19.8 Å². The van der Waals surface area contributed by atoms with Crippen molar-refractivity contribution in [2.75, 3.05) is 6.54 Å². The molecule has 0 unspecified atom stereocenters. The molecule has 4 nitrogen and oxygen atoms in total. The van der Waals surface area contributed by atoms with Gasteiger partial charge in [-0.1, -0.05) is 23.7 Å². The predicted molar refractivity (Wildman–Crippen MR) is 73.1 cm³/mol. The Labute approximate surface area is 116 Å². The molecule has 5 heteroatoms. The molecule has 2 aromatic rings. The lowest BCUT2D eigenvalue weighted by Gasteiger charge is -2.04. The van der Waals surface area contributed by atoms with Gasteiger partial charge >= 0.3 is 0 Å². The Bertz CT molecular complexity index is 549. The molecule has 0 saturated heterocycles. The van der Waals surface area contributed by atoms with Gasteiger partial charge < -0.3 is 9.73 Å². The van der Waals surface area contributed by atoms with Gasteiger partial charge in [0.1, 0.15) is 5.76 Å². The number of aromatic nitrogens is 1. The summed E-state index contributed by atoms with van der Waals surface area (Å²) >= 11 is 5.80. The second-order valence-electron chi connectivity index (χ2n) is 4.26. The number of aryl methyl sites for hydroxylation is 1. The maximum absolute atomic E-state index is 11.7. The SMILES string of the molecule is Cc1ncoc1CC(=O)NCCc1ccc(Cl)cc1. The van der Waals surface area contributed by atoms with Crippen molar-refractivity contribution < 1.29 is 9.21 Å². The van der Waals surface area contributed by atoms with Gasteiger partial charge in [-0.3, -0.25) is 4.79 Å². The van der Waals surface area contributed by atoms with Gasteiger partial charge in [-0.2, -0.15) is 0 Å². The summed E-state index contributed by atoms with van der Waals surface area (Å²) < 4.78 is 5.13. The summed E-state index contributed by atoms with van der Waals surface area (Å²) in [6.07, 6.45) is 2.36. The molecule has 0 fully saturated rings. The molecule has 100 valence electrons. The molecule has 0 aliphatic rings. The van der Waals surface area contributed by atoms with Gasteiger partial charge in [-0.25, -0.2) is 4.98 Å². The van der Waals surface area contributed by atoms with E-state index in [2.05, 4.69) is 10.3 Å². The van der Waals surface area contributed by atoms with Crippen LogP contribution in [-0.2, 0) is 17.6 Å². The third-order valence-corrected chi connectivity index (χ3v) is 3.07. The Morgan fingerprint density at radius 3 is 2.74 bits per heavy atom. The maximum Gasteiger partial charge on any atom is 0.227 e. The lowest BCUT2D eigenvalue weighted by molar-refractivity contribution is -0.120. The van der Waals surface area contributed by atoms with E-state index in [1.165, 1.54) is 6.39 Å². The number of nitrogens with zero attached hydrogens (tertiary/aromatic N) is 1. The van der Waals surface area contributed by atoms with Crippen molar-refractivity contribution in [1.29, 1.82) is 0 Å². The second kappa shape index (κ2) is 6.38. The zero-order valence-corrected chi connectivity index (χ0v) is 11.4. The molecule has 2 rings (SSSR count). The van der Waals surface area contributed by atoms with Crippen molar-refractivity contribution in [2.24, 2.45) is 0 Å². The van der Waals surface area contributed by atoms with Gasteiger partial charge in [0.15, 0.2) is 6.39 Å². The first kappa shape index (κ1) is 13.6. The average Bonchev–Trinajstić information content (AvgIpc) is 2.78. The third kappa shape index (κ3) is 4.10. The Kier molecular flexibility index (Phi) is 4.58. The first-order valence-electron chi connectivity index (χ1n) is 6.05. The normalized spacial score (nSPS) is 10.4. The summed E-state index contributed by atoms with van der Waals surface area (Å²) in [5.41, 5.74) is 1.90. The number of amides is 1. The largest absolute Gasteiger partial charge is 0.448 e. The molecule has 1 aromatic heterocycles. The Hall–Kier alpha value is -1.81. The molecular formula is C14H15ClN2O2. The molecule has 0 aliphatic heterocycles. The molecular weight excluding hydrogens is 264 g/mol. The van der Waals surface area contributed by atoms with Crippen LogP contribution in [0.3, 0.4) is 0 Å². The van der Waals surface area contributed by atoms with E-state index in [4.69, 9.17) is 16.0 Å². The molecule has 0 radical (unpaired) electrons. The highest BCUT2D eigenvalue weighted by molar-refractivity contribution is 6.30. The monoisotopic (exact) mass is 278 g/mol. The van der Waals surface area contributed by atoms with Crippen LogP contribution in [-0.4, -0.2) is 17.4 Å². The third-order valence-electron chi connectivity index (χ3n) is 2.82. The van der Waals surface area contributed by atoms with E-state index < -0.39 is 0 Å². The summed E-state index contributed by atoms with van der Waals surface area (Å²) in [7, 11) is 0. The van der Waals surface area contributed by atoms with Crippen LogP contribution in [0.1, 0.15) is 17.0 Å². The van der Waals surface area contributed by atoms with E-state index in [1.807, 2.05) is 31.2 Å². The lowest BCUT2D eigenvalue weighted by atomic mass is 10.1. The van der Waals surface area contributed by atoms with Crippen molar-refractivity contribution in [3.05, 3.63) is 52.7 Å². The minimum Gasteiger partial charge on any atom is -0.448 e. The minimum atomic E-state index is -0.0613. The van der Waals surface area contributed by atoms with Gasteiger partial charge in [0.05, 0.1) is 12.1 Å². The fraction of sp³-hybridized carbons (Fsp3) is 0.286. The highest BCUT2D eigenvalue weighted by atomic mass is 35.5. The molecule has 19 heavy (non-hydrogen) atoms. The first-order valence-corrected chi connectivity index (χ1v) is 6.43. The van der Waals surface area contributed by atoms with Crippen LogP contribution in [0.4, 0.5) is 0 Å². The van der Waals surface area contributed by atoms with Crippen molar-refractivity contribution in [3.63, 3.8) is 0 Å². The highest BCUT2D eigenvalue weighted by Gasteiger charge is 2.09. The number of benzene rings is 1. The summed E-state index contributed by atoms with van der Waals surface area (Å²) in [5, 5.41) is 3.57. The van der Waals surface area contributed by atoms with E-state index in [0.29, 0.717) is 17.3 Å². The van der Waals surface area contributed by atoms with E-state index in [-0.39, 0.29) is 12.3 Å². The van der Waals surface area contributed by atoms with E-state index in [1.54, 1.807) is 0 Å². The number of rotatable bonds is 5. The molecule has 0 aliphatic carbocycles. The van der Waals surface area contributed by atoms with Crippen LogP contribution >= 0.6 is 11.6 Å². The lowest BCUT2D eigenvalue weighted by Crippen LogP contribution is -2.27. The molecule has 1 aromatic carbocycles. The van der Waals surface area contributed by atoms with Gasteiger partial charge in [0, 0.05) is 11.6 Å². The van der Waals surface area contributed by atoms with Crippen molar-refractivity contribution in [1.82, 2.24) is 10.3 Å². The van der Waals surface area contributed by atoms with Crippen LogP contribution in [0, 0.1) is 6.92 Å². The molecule has 0 saturated carbocycles. The topological polar surface area (TPSA) is 55.1 Å². The first-order chi connectivity index (χ1) is 9.15. The van der Waals surface area contributed by atoms with E-state index in [0.717, 1.165) is 17.7 Å². The van der Waals surface area contributed by atoms with Crippen LogP contribution < -0.4 is 5.32 Å². The summed E-state index contributed by atoms with van der Waals surface area (Å²) in [6.45, 7) is 2.41. The average molecular weight is 279 g/mol. The van der Waals surface area contributed by atoms with E-state index in [9.17, 15) is 4.79 Å². The molecule has 0 spiro atoms. The van der Waals surface area contributed by atoms with Gasteiger partial charge in [0.2, 0.25) is 5.91 Å². The summed E-state index contributed by atoms with van der Waals surface area (Å²) in [5.74, 6) is 0.554. The Morgan fingerprint density at radius 1 is 1.37 bits per heavy atom. The maximum atomic E-state index is 11.7. The quantitative estimate of drug-likeness (QED) is 0.914. The van der Waals surface area contributed by atoms with Crippen LogP contribution in [0.15, 0.2) is 35.1 Å². The van der Waals surface area contributed by atoms with Crippen LogP contribution in [0.2, 0.25) is 5.02 Å². The van der Waals surface area contributed by atoms with Gasteiger partial charge in [-0.05, 0) is 31.0 Å². The second-order valence-corrected chi connectivity index (χ2v) is 4.70. The summed E-state index contributed by atoms with van der Waals surface area (Å²) in [6, 6.07) is 7.59. The van der Waals surface area contributed by atoms with Gasteiger partial charge in [0.25, 0.3) is 0 Å². The van der Waals surface area contributed by atoms with E-state index >= 15 is 0 Å². The number of oxazole rings is 1. The Morgan fingerprint density at radius 2 is 2.11 bits per heavy atom. The molecule has 1 amide bonds. The highest BCUT2D eigenvalue weighted by Crippen LogP contribution is 2.09. The fourth-order valence-corrected chi connectivity index (χ4v) is 1.83. The molecule has 1 heterocycles. The predicted octanol–water partition coefficient (Wildman–Crippen LogP) is 2.54. The number of carbonyl (C=O) groups excluding carboxylic acids is 1. The number of nitrogens with one attached hydrogen (secondary N) is 1. The fourth-order valence-electron chi connectivity index (χ4n) is 1.70. The standard InChI is InChI=1S/C14H15ClN2O2/c1-10-13(19-9-17-10)8-14(18)16-7-6-11-2-4-12(15)5-3-11/h2-5,9H,6-8H2,1H3,(H,16,18). The zero-order chi connectivity index (χ0) is 13.7. The summed E-state index contributed by atoms with van der Waals surface area (Å²) in [4.78, 5) is 15.6. The number of halogens is 1. The zero-order valence-electron chi connectivity index (χ0n) is 10.6. The Balaban J connectivity index is 1.75. The number of hydrogen-bond donors (Lipinski definition) is 1. The molecule has 0 bridgehead atoms. The van der Waals surface area contributed by atoms with Crippen molar-refractivity contribution in [3.8, 4) is 0 Å². The number of hydrogen-bond acceptors (Lipinski definition) is 3. The van der Waals surface area contributed by atoms with Gasteiger partial charge in [-0.15, -0.1) is 0 Å². The minimum absolute atomic E-state index is 0.0613. The molecule has 0 atom stereocenters. The molecule has 1 N–H and O–H groups in total. The number of carbonyl (C=O) groups is 1. The van der Waals surface area contributed by atoms with Crippen LogP contribution in [0.25, 0.3) is 0 Å². The van der Waals surface area contributed by atoms with Crippen LogP contribution in [0.5, 0.6) is 0 Å². The van der Waals surface area contributed by atoms with Crippen molar-refractivity contribution >= 4 is 17.5 Å².